The predicted octanol–water partition coefficient (Wildman–Crippen LogP) is 4.49. The first kappa shape index (κ1) is 19.9. The number of nitrogens with one attached hydrogen (secondary N) is 1. The second-order valence-electron chi connectivity index (χ2n) is 7.87. The maximum atomic E-state index is 12.3. The highest BCUT2D eigenvalue weighted by Gasteiger charge is 2.16. The highest BCUT2D eigenvalue weighted by atomic mass is 32.1. The maximum absolute atomic E-state index is 12.3. The van der Waals surface area contributed by atoms with E-state index in [2.05, 4.69) is 46.4 Å². The minimum Gasteiger partial charge on any atom is -0.462 e. The van der Waals surface area contributed by atoms with E-state index in [-0.39, 0.29) is 12.3 Å². The Kier molecular flexibility index (Phi) is 6.42. The SMILES string of the molecule is C[C@H]1CCCN(Cc2ccc(CNC(=O)Cc3csc(-c4ccco4)n3)cc2)C1. The molecule has 1 aliphatic rings. The maximum Gasteiger partial charge on any atom is 0.226 e. The Morgan fingerprint density at radius 1 is 1.28 bits per heavy atom. The number of furan rings is 1. The normalized spacial score (nSPS) is 17.3. The molecular weight excluding hydrogens is 382 g/mol. The zero-order valence-corrected chi connectivity index (χ0v) is 17.6. The smallest absolute Gasteiger partial charge is 0.226 e. The zero-order valence-electron chi connectivity index (χ0n) is 16.8. The molecule has 29 heavy (non-hydrogen) atoms. The molecule has 4 rings (SSSR count). The minimum atomic E-state index is -0.0207. The molecule has 0 radical (unpaired) electrons. The van der Waals surface area contributed by atoms with Crippen molar-refractivity contribution in [3.63, 3.8) is 0 Å². The Hall–Kier alpha value is -2.44. The summed E-state index contributed by atoms with van der Waals surface area (Å²) in [5, 5.41) is 5.70. The van der Waals surface area contributed by atoms with Crippen molar-refractivity contribution in [2.45, 2.75) is 39.3 Å². The van der Waals surface area contributed by atoms with Crippen LogP contribution in [0.5, 0.6) is 0 Å². The molecule has 0 bridgehead atoms. The molecular formula is C23H27N3O2S. The molecule has 1 aromatic carbocycles. The molecule has 5 nitrogen and oxygen atoms in total. The summed E-state index contributed by atoms with van der Waals surface area (Å²) in [6, 6.07) is 12.3. The molecule has 0 unspecified atom stereocenters. The van der Waals surface area contributed by atoms with Gasteiger partial charge < -0.3 is 9.73 Å². The number of amides is 1. The fourth-order valence-corrected chi connectivity index (χ4v) is 4.57. The van der Waals surface area contributed by atoms with Gasteiger partial charge in [0.15, 0.2) is 10.8 Å². The van der Waals surface area contributed by atoms with Crippen molar-refractivity contribution in [1.82, 2.24) is 15.2 Å². The van der Waals surface area contributed by atoms with Gasteiger partial charge in [0.25, 0.3) is 0 Å². The van der Waals surface area contributed by atoms with Gasteiger partial charge in [0.2, 0.25) is 5.91 Å². The largest absolute Gasteiger partial charge is 0.462 e. The van der Waals surface area contributed by atoms with Gasteiger partial charge in [0.05, 0.1) is 18.4 Å². The van der Waals surface area contributed by atoms with E-state index < -0.39 is 0 Å². The second-order valence-corrected chi connectivity index (χ2v) is 8.73. The van der Waals surface area contributed by atoms with Gasteiger partial charge in [-0.15, -0.1) is 11.3 Å². The van der Waals surface area contributed by atoms with Gasteiger partial charge in [-0.2, -0.15) is 0 Å². The number of benzene rings is 1. The number of hydrogen-bond acceptors (Lipinski definition) is 5. The molecule has 1 atom stereocenters. The van der Waals surface area contributed by atoms with Crippen LogP contribution in [0.3, 0.4) is 0 Å². The Balaban J connectivity index is 1.24. The van der Waals surface area contributed by atoms with Gasteiger partial charge in [0, 0.05) is 25.0 Å². The molecule has 0 aliphatic carbocycles. The summed E-state index contributed by atoms with van der Waals surface area (Å²) >= 11 is 1.49. The summed E-state index contributed by atoms with van der Waals surface area (Å²) in [6.07, 6.45) is 4.55. The van der Waals surface area contributed by atoms with E-state index >= 15 is 0 Å². The number of aromatic nitrogens is 1. The van der Waals surface area contributed by atoms with Crippen LogP contribution in [0.2, 0.25) is 0 Å². The Labute approximate surface area is 175 Å². The topological polar surface area (TPSA) is 58.4 Å². The predicted molar refractivity (Wildman–Crippen MR) is 115 cm³/mol. The lowest BCUT2D eigenvalue weighted by molar-refractivity contribution is -0.120. The van der Waals surface area contributed by atoms with Crippen LogP contribution in [0.25, 0.3) is 10.8 Å². The summed E-state index contributed by atoms with van der Waals surface area (Å²) in [6.45, 7) is 6.27. The number of carbonyl (C=O) groups is 1. The number of likely N-dealkylation sites (tertiary alicyclic amines) is 1. The van der Waals surface area contributed by atoms with Crippen LogP contribution in [0.1, 0.15) is 36.6 Å². The Morgan fingerprint density at radius 2 is 2.10 bits per heavy atom. The summed E-state index contributed by atoms with van der Waals surface area (Å²) in [4.78, 5) is 19.3. The molecule has 3 aromatic rings. The quantitative estimate of drug-likeness (QED) is 0.624. The van der Waals surface area contributed by atoms with E-state index in [1.165, 1.54) is 42.8 Å². The fraction of sp³-hybridized carbons (Fsp3) is 0.391. The highest BCUT2D eigenvalue weighted by molar-refractivity contribution is 7.13. The fourth-order valence-electron chi connectivity index (χ4n) is 3.78. The van der Waals surface area contributed by atoms with Gasteiger partial charge >= 0.3 is 0 Å². The van der Waals surface area contributed by atoms with E-state index in [1.807, 2.05) is 17.5 Å². The summed E-state index contributed by atoms with van der Waals surface area (Å²) in [5.74, 6) is 1.51. The first-order valence-corrected chi connectivity index (χ1v) is 11.1. The number of hydrogen-bond donors (Lipinski definition) is 1. The van der Waals surface area contributed by atoms with Crippen LogP contribution < -0.4 is 5.32 Å². The summed E-state index contributed by atoms with van der Waals surface area (Å²) in [7, 11) is 0. The molecule has 6 heteroatoms. The number of piperidine rings is 1. The van der Waals surface area contributed by atoms with E-state index in [0.717, 1.165) is 34.5 Å². The third-order valence-corrected chi connectivity index (χ3v) is 6.19. The molecule has 0 saturated carbocycles. The first-order chi connectivity index (χ1) is 14.2. The van der Waals surface area contributed by atoms with E-state index in [1.54, 1.807) is 6.26 Å². The van der Waals surface area contributed by atoms with Gasteiger partial charge in [0.1, 0.15) is 0 Å². The third kappa shape index (κ3) is 5.55. The number of thiazole rings is 1. The first-order valence-electron chi connectivity index (χ1n) is 10.2. The monoisotopic (exact) mass is 409 g/mol. The summed E-state index contributed by atoms with van der Waals surface area (Å²) in [5.41, 5.74) is 3.22. The summed E-state index contributed by atoms with van der Waals surface area (Å²) < 4.78 is 5.35. The number of nitrogens with zero attached hydrogens (tertiary/aromatic N) is 2. The van der Waals surface area contributed by atoms with Gasteiger partial charge in [-0.1, -0.05) is 31.2 Å². The van der Waals surface area contributed by atoms with Crippen LogP contribution in [0, 0.1) is 5.92 Å². The Bertz CT molecular complexity index is 918. The van der Waals surface area contributed by atoms with Gasteiger partial charge in [-0.05, 0) is 48.6 Å². The standard InChI is InChI=1S/C23H27N3O2S/c1-17-4-2-10-26(14-17)15-19-8-6-18(7-9-19)13-24-22(27)12-20-16-29-23(25-20)21-5-3-11-28-21/h3,5-9,11,16-17H,2,4,10,12-15H2,1H3,(H,24,27)/t17-/m0/s1. The number of carbonyl (C=O) groups excluding carboxylic acids is 1. The lowest BCUT2D eigenvalue weighted by atomic mass is 9.99. The van der Waals surface area contributed by atoms with Crippen LogP contribution in [-0.4, -0.2) is 28.9 Å². The lowest BCUT2D eigenvalue weighted by Gasteiger charge is -2.30. The number of rotatable bonds is 7. The van der Waals surface area contributed by atoms with E-state index in [0.29, 0.717) is 6.54 Å². The average Bonchev–Trinajstić information content (AvgIpc) is 3.39. The van der Waals surface area contributed by atoms with Crippen molar-refractivity contribution >= 4 is 17.2 Å². The van der Waals surface area contributed by atoms with Crippen molar-refractivity contribution < 1.29 is 9.21 Å². The van der Waals surface area contributed by atoms with Crippen LogP contribution in [0.15, 0.2) is 52.5 Å². The minimum absolute atomic E-state index is 0.0207. The lowest BCUT2D eigenvalue weighted by Crippen LogP contribution is -2.33. The van der Waals surface area contributed by atoms with Crippen molar-refractivity contribution in [1.29, 1.82) is 0 Å². The Morgan fingerprint density at radius 3 is 2.86 bits per heavy atom. The highest BCUT2D eigenvalue weighted by Crippen LogP contribution is 2.24. The molecule has 1 saturated heterocycles. The van der Waals surface area contributed by atoms with E-state index in [9.17, 15) is 4.79 Å². The van der Waals surface area contributed by atoms with Gasteiger partial charge in [-0.25, -0.2) is 4.98 Å². The van der Waals surface area contributed by atoms with Crippen LogP contribution in [0.4, 0.5) is 0 Å². The molecule has 1 fully saturated rings. The van der Waals surface area contributed by atoms with E-state index in [4.69, 9.17) is 4.42 Å². The third-order valence-electron chi connectivity index (χ3n) is 5.29. The van der Waals surface area contributed by atoms with Crippen molar-refractivity contribution in [2.75, 3.05) is 13.1 Å². The van der Waals surface area contributed by atoms with Gasteiger partial charge in [-0.3, -0.25) is 9.69 Å². The molecule has 0 spiro atoms. The molecule has 1 amide bonds. The van der Waals surface area contributed by atoms with Crippen molar-refractivity contribution in [2.24, 2.45) is 5.92 Å². The average molecular weight is 410 g/mol. The van der Waals surface area contributed by atoms with Crippen LogP contribution >= 0.6 is 11.3 Å². The molecule has 1 N–H and O–H groups in total. The molecule has 1 aliphatic heterocycles. The second kappa shape index (κ2) is 9.37. The van der Waals surface area contributed by atoms with Crippen molar-refractivity contribution in [3.8, 4) is 10.8 Å². The molecule has 152 valence electrons. The molecule has 3 heterocycles. The van der Waals surface area contributed by atoms with Crippen LogP contribution in [-0.2, 0) is 24.3 Å². The zero-order chi connectivity index (χ0) is 20.1. The molecule has 2 aromatic heterocycles. The van der Waals surface area contributed by atoms with Crippen molar-refractivity contribution in [3.05, 3.63) is 64.9 Å².